The van der Waals surface area contributed by atoms with Crippen molar-refractivity contribution in [3.05, 3.63) is 57.6 Å². The number of carbonyl (C=O) groups excluding carboxylic acids is 2. The molecule has 4 rings (SSSR count). The average molecular weight is 490 g/mol. The maximum Gasteiger partial charge on any atom is 0.250 e. The first-order valence-electron chi connectivity index (χ1n) is 11.3. The standard InChI is InChI=1S/C24H29Cl2N5O2/c1-15(18-6-4-16(25)13-20(18)26)29-22-14-17(5-7-19(22)23(27)32)30-9-11-31(12-10-30)24(33)21-3-2-8-28-21/h4-7,13-15,21,28-29H,2-3,8-12H2,1H3,(H2,27,32)/t15-,21-/m1/s1. The highest BCUT2D eigenvalue weighted by Gasteiger charge is 2.29. The van der Waals surface area contributed by atoms with Crippen LogP contribution in [0.25, 0.3) is 0 Å². The van der Waals surface area contributed by atoms with Gasteiger partial charge in [-0.1, -0.05) is 29.3 Å². The summed E-state index contributed by atoms with van der Waals surface area (Å²) in [6, 6.07) is 10.7. The monoisotopic (exact) mass is 489 g/mol. The van der Waals surface area contributed by atoms with E-state index in [-0.39, 0.29) is 18.0 Å². The third kappa shape index (κ3) is 5.37. The Morgan fingerprint density at radius 2 is 1.88 bits per heavy atom. The minimum atomic E-state index is -0.502. The van der Waals surface area contributed by atoms with Crippen molar-refractivity contribution in [2.75, 3.05) is 42.9 Å². The van der Waals surface area contributed by atoms with Crippen molar-refractivity contribution in [1.29, 1.82) is 0 Å². The van der Waals surface area contributed by atoms with E-state index in [1.807, 2.05) is 30.0 Å². The molecule has 0 unspecified atom stereocenters. The number of benzene rings is 2. The van der Waals surface area contributed by atoms with Crippen molar-refractivity contribution in [3.8, 4) is 0 Å². The van der Waals surface area contributed by atoms with Gasteiger partial charge in [-0.05, 0) is 62.2 Å². The fourth-order valence-electron chi connectivity index (χ4n) is 4.53. The van der Waals surface area contributed by atoms with Gasteiger partial charge in [-0.2, -0.15) is 0 Å². The second-order valence-electron chi connectivity index (χ2n) is 8.59. The number of rotatable bonds is 6. The molecule has 176 valence electrons. The summed E-state index contributed by atoms with van der Waals surface area (Å²) in [4.78, 5) is 28.9. The van der Waals surface area contributed by atoms with Crippen molar-refractivity contribution in [1.82, 2.24) is 10.2 Å². The van der Waals surface area contributed by atoms with Crippen LogP contribution in [0.5, 0.6) is 0 Å². The highest BCUT2D eigenvalue weighted by molar-refractivity contribution is 6.35. The molecule has 4 N–H and O–H groups in total. The molecule has 2 aromatic rings. The van der Waals surface area contributed by atoms with E-state index in [0.717, 1.165) is 43.7 Å². The van der Waals surface area contributed by atoms with Gasteiger partial charge in [0.2, 0.25) is 5.91 Å². The molecule has 2 aromatic carbocycles. The number of amides is 2. The van der Waals surface area contributed by atoms with Gasteiger partial charge >= 0.3 is 0 Å². The van der Waals surface area contributed by atoms with Crippen molar-refractivity contribution in [2.45, 2.75) is 31.8 Å². The van der Waals surface area contributed by atoms with Crippen LogP contribution >= 0.6 is 23.2 Å². The molecular weight excluding hydrogens is 461 g/mol. The van der Waals surface area contributed by atoms with Gasteiger partial charge in [0, 0.05) is 47.6 Å². The number of nitrogens with two attached hydrogens (primary N) is 1. The Morgan fingerprint density at radius 1 is 1.12 bits per heavy atom. The molecule has 0 saturated carbocycles. The average Bonchev–Trinajstić information content (AvgIpc) is 3.33. The second kappa shape index (κ2) is 10.2. The maximum atomic E-state index is 12.7. The molecule has 0 radical (unpaired) electrons. The molecule has 7 nitrogen and oxygen atoms in total. The van der Waals surface area contributed by atoms with Gasteiger partial charge in [0.15, 0.2) is 0 Å². The topological polar surface area (TPSA) is 90.7 Å². The third-order valence-corrected chi connectivity index (χ3v) is 6.95. The molecule has 33 heavy (non-hydrogen) atoms. The van der Waals surface area contributed by atoms with Crippen LogP contribution in [0.3, 0.4) is 0 Å². The molecule has 9 heteroatoms. The maximum absolute atomic E-state index is 12.7. The summed E-state index contributed by atoms with van der Waals surface area (Å²) in [5.74, 6) is -0.301. The zero-order chi connectivity index (χ0) is 23.5. The number of nitrogens with one attached hydrogen (secondary N) is 2. The van der Waals surface area contributed by atoms with Crippen molar-refractivity contribution in [2.24, 2.45) is 5.73 Å². The quantitative estimate of drug-likeness (QED) is 0.575. The molecule has 0 aromatic heterocycles. The molecule has 0 bridgehead atoms. The van der Waals surface area contributed by atoms with Crippen molar-refractivity contribution >= 4 is 46.4 Å². The van der Waals surface area contributed by atoms with Crippen molar-refractivity contribution in [3.63, 3.8) is 0 Å². The Bertz CT molecular complexity index is 1030. The number of halogens is 2. The summed E-state index contributed by atoms with van der Waals surface area (Å²) < 4.78 is 0. The summed E-state index contributed by atoms with van der Waals surface area (Å²) in [5, 5.41) is 7.79. The Balaban J connectivity index is 1.48. The zero-order valence-electron chi connectivity index (χ0n) is 18.6. The first-order chi connectivity index (χ1) is 15.8. The van der Waals surface area contributed by atoms with E-state index in [1.165, 1.54) is 0 Å². The minimum Gasteiger partial charge on any atom is -0.378 e. The van der Waals surface area contributed by atoms with E-state index >= 15 is 0 Å². The van der Waals surface area contributed by atoms with Crippen LogP contribution < -0.4 is 21.3 Å². The summed E-state index contributed by atoms with van der Waals surface area (Å²) in [5.41, 5.74) is 8.54. The molecule has 2 saturated heterocycles. The molecule has 2 heterocycles. The Kier molecular flexibility index (Phi) is 7.32. The van der Waals surface area contributed by atoms with Crippen LogP contribution in [0.2, 0.25) is 10.0 Å². The van der Waals surface area contributed by atoms with Gasteiger partial charge < -0.3 is 26.2 Å². The lowest BCUT2D eigenvalue weighted by Crippen LogP contribution is -2.53. The smallest absolute Gasteiger partial charge is 0.250 e. The molecular formula is C24H29Cl2N5O2. The van der Waals surface area contributed by atoms with Gasteiger partial charge in [0.25, 0.3) is 5.91 Å². The number of carbonyl (C=O) groups is 2. The van der Waals surface area contributed by atoms with Crippen LogP contribution in [0.1, 0.15) is 41.7 Å². The second-order valence-corrected chi connectivity index (χ2v) is 9.43. The predicted molar refractivity (Wildman–Crippen MR) is 133 cm³/mol. The molecule has 2 amide bonds. The van der Waals surface area contributed by atoms with Crippen LogP contribution in [0, 0.1) is 0 Å². The molecule has 0 aliphatic carbocycles. The fourth-order valence-corrected chi connectivity index (χ4v) is 5.10. The van der Waals surface area contributed by atoms with Crippen LogP contribution in [0.15, 0.2) is 36.4 Å². The Labute approximate surface area is 204 Å². The van der Waals surface area contributed by atoms with E-state index < -0.39 is 5.91 Å². The first-order valence-corrected chi connectivity index (χ1v) is 12.0. The molecule has 2 fully saturated rings. The highest BCUT2D eigenvalue weighted by Crippen LogP contribution is 2.31. The normalized spacial score (nSPS) is 19.4. The summed E-state index contributed by atoms with van der Waals surface area (Å²) in [6.45, 7) is 5.69. The van der Waals surface area contributed by atoms with Gasteiger partial charge in [-0.3, -0.25) is 9.59 Å². The Hall–Kier alpha value is -2.48. The molecule has 2 aliphatic heterocycles. The largest absolute Gasteiger partial charge is 0.378 e. The molecule has 0 spiro atoms. The van der Waals surface area contributed by atoms with Crippen molar-refractivity contribution < 1.29 is 9.59 Å². The fraction of sp³-hybridized carbons (Fsp3) is 0.417. The lowest BCUT2D eigenvalue weighted by atomic mass is 10.1. The predicted octanol–water partition coefficient (Wildman–Crippen LogP) is 3.67. The van der Waals surface area contributed by atoms with Crippen LogP contribution in [-0.2, 0) is 4.79 Å². The highest BCUT2D eigenvalue weighted by atomic mass is 35.5. The lowest BCUT2D eigenvalue weighted by molar-refractivity contribution is -0.133. The van der Waals surface area contributed by atoms with E-state index in [4.69, 9.17) is 28.9 Å². The minimum absolute atomic E-state index is 0.0385. The number of primary amides is 1. The first kappa shape index (κ1) is 23.7. The van der Waals surface area contributed by atoms with Gasteiger partial charge in [0.05, 0.1) is 17.6 Å². The van der Waals surface area contributed by atoms with Crippen LogP contribution in [-0.4, -0.2) is 55.5 Å². The van der Waals surface area contributed by atoms with E-state index in [0.29, 0.717) is 34.4 Å². The van der Waals surface area contributed by atoms with Gasteiger partial charge in [-0.15, -0.1) is 0 Å². The summed E-state index contributed by atoms with van der Waals surface area (Å²) in [7, 11) is 0. The summed E-state index contributed by atoms with van der Waals surface area (Å²) in [6.07, 6.45) is 1.97. The van der Waals surface area contributed by atoms with Gasteiger partial charge in [0.1, 0.15) is 0 Å². The SMILES string of the molecule is C[C@@H](Nc1cc(N2CCN(C(=O)[C@H]3CCCN3)CC2)ccc1C(N)=O)c1ccc(Cl)cc1Cl. The number of piperazine rings is 1. The zero-order valence-corrected chi connectivity index (χ0v) is 20.1. The lowest BCUT2D eigenvalue weighted by Gasteiger charge is -2.37. The van der Waals surface area contributed by atoms with E-state index in [2.05, 4.69) is 15.5 Å². The molecule has 2 aliphatic rings. The number of anilines is 2. The van der Waals surface area contributed by atoms with Gasteiger partial charge in [-0.25, -0.2) is 0 Å². The number of nitrogens with zero attached hydrogens (tertiary/aromatic N) is 2. The van der Waals surface area contributed by atoms with Crippen LogP contribution in [0.4, 0.5) is 11.4 Å². The molecule has 2 atom stereocenters. The third-order valence-electron chi connectivity index (χ3n) is 6.38. The van der Waals surface area contributed by atoms with E-state index in [9.17, 15) is 9.59 Å². The number of hydrogen-bond donors (Lipinski definition) is 3. The van der Waals surface area contributed by atoms with E-state index in [1.54, 1.807) is 18.2 Å². The Morgan fingerprint density at radius 3 is 2.52 bits per heavy atom. The number of hydrogen-bond acceptors (Lipinski definition) is 5. The summed E-state index contributed by atoms with van der Waals surface area (Å²) >= 11 is 12.4.